The number of carbonyl (C=O) groups is 2. The minimum absolute atomic E-state index is 0.254. The fourth-order valence-electron chi connectivity index (χ4n) is 3.25. The van der Waals surface area contributed by atoms with Crippen LogP contribution in [0.25, 0.3) is 0 Å². The number of carbonyl (C=O) groups excluding carboxylic acids is 2. The second kappa shape index (κ2) is 10.7. The molecule has 1 heterocycles. The topological polar surface area (TPSA) is 80.2 Å². The number of rotatable bonds is 7. The fourth-order valence-corrected chi connectivity index (χ4v) is 4.59. The zero-order valence-electron chi connectivity index (χ0n) is 18.5. The maximum atomic E-state index is 12.1. The molecular formula is C23H26ClN3O4S. The quantitative estimate of drug-likeness (QED) is 0.581. The van der Waals surface area contributed by atoms with Crippen LogP contribution < -0.4 is 14.8 Å². The van der Waals surface area contributed by atoms with Gasteiger partial charge < -0.3 is 14.8 Å². The first-order chi connectivity index (χ1) is 15.3. The highest BCUT2D eigenvalue weighted by molar-refractivity contribution is 8.14. The number of thioether (sulfide) groups is 1. The van der Waals surface area contributed by atoms with Gasteiger partial charge in [0.2, 0.25) is 11.8 Å². The Balaban J connectivity index is 1.66. The highest BCUT2D eigenvalue weighted by Gasteiger charge is 2.34. The summed E-state index contributed by atoms with van der Waals surface area (Å²) >= 11 is 7.48. The molecule has 1 aliphatic heterocycles. The number of para-hydroxylation sites is 1. The third-order valence-corrected chi connectivity index (χ3v) is 6.01. The number of amidine groups is 1. The van der Waals surface area contributed by atoms with E-state index >= 15 is 0 Å². The maximum Gasteiger partial charge on any atom is 0.241 e. The summed E-state index contributed by atoms with van der Waals surface area (Å²) in [7, 11) is 0. The van der Waals surface area contributed by atoms with E-state index in [0.717, 1.165) is 16.9 Å². The van der Waals surface area contributed by atoms with Crippen molar-refractivity contribution in [1.82, 2.24) is 10.3 Å². The largest absolute Gasteiger partial charge is 0.493 e. The summed E-state index contributed by atoms with van der Waals surface area (Å²) in [6.07, 6.45) is 0.678. The van der Waals surface area contributed by atoms with Gasteiger partial charge in [0.15, 0.2) is 5.17 Å². The Morgan fingerprint density at radius 3 is 2.47 bits per heavy atom. The van der Waals surface area contributed by atoms with Crippen LogP contribution in [0.4, 0.5) is 0 Å². The van der Waals surface area contributed by atoms with Gasteiger partial charge in [-0.1, -0.05) is 41.6 Å². The minimum Gasteiger partial charge on any atom is -0.493 e. The van der Waals surface area contributed by atoms with Crippen LogP contribution >= 0.6 is 23.4 Å². The van der Waals surface area contributed by atoms with E-state index in [-0.39, 0.29) is 11.8 Å². The minimum atomic E-state index is -0.492. The molecule has 7 nitrogen and oxygen atoms in total. The molecule has 1 N–H and O–H groups in total. The predicted molar refractivity (Wildman–Crippen MR) is 127 cm³/mol. The Hall–Kier alpha value is -2.71. The van der Waals surface area contributed by atoms with Crippen LogP contribution in [-0.2, 0) is 9.59 Å². The first-order valence-corrected chi connectivity index (χ1v) is 11.5. The molecule has 9 heteroatoms. The van der Waals surface area contributed by atoms with Gasteiger partial charge in [-0.3, -0.25) is 9.59 Å². The molecule has 2 aromatic rings. The molecule has 0 unspecified atom stereocenters. The summed E-state index contributed by atoms with van der Waals surface area (Å²) < 4.78 is 12.0. The van der Waals surface area contributed by atoms with Gasteiger partial charge in [-0.2, -0.15) is 0 Å². The molecule has 0 radical (unpaired) electrons. The van der Waals surface area contributed by atoms with E-state index in [1.807, 2.05) is 32.0 Å². The average molecular weight is 476 g/mol. The van der Waals surface area contributed by atoms with Crippen molar-refractivity contribution in [3.8, 4) is 11.5 Å². The highest BCUT2D eigenvalue weighted by atomic mass is 35.5. The lowest BCUT2D eigenvalue weighted by Gasteiger charge is -2.22. The Bertz CT molecular complexity index is 1020. The Kier molecular flexibility index (Phi) is 8.04. The molecule has 0 saturated heterocycles. The molecule has 2 amide bonds. The van der Waals surface area contributed by atoms with Gasteiger partial charge in [-0.25, -0.2) is 5.01 Å². The molecule has 2 aromatic carbocycles. The van der Waals surface area contributed by atoms with Crippen LogP contribution in [0, 0.1) is 13.8 Å². The van der Waals surface area contributed by atoms with Crippen LogP contribution in [0.15, 0.2) is 41.5 Å². The summed E-state index contributed by atoms with van der Waals surface area (Å²) in [6.45, 7) is 7.80. The number of hydrazone groups is 1. The molecule has 1 aliphatic rings. The van der Waals surface area contributed by atoms with Gasteiger partial charge in [0.25, 0.3) is 0 Å². The van der Waals surface area contributed by atoms with Crippen molar-refractivity contribution in [2.75, 3.05) is 13.2 Å². The lowest BCUT2D eigenvalue weighted by Crippen LogP contribution is -2.25. The summed E-state index contributed by atoms with van der Waals surface area (Å²) in [5, 5.41) is 8.56. The van der Waals surface area contributed by atoms with E-state index in [4.69, 9.17) is 21.1 Å². The second-order valence-electron chi connectivity index (χ2n) is 7.37. The lowest BCUT2D eigenvalue weighted by atomic mass is 10.1. The number of nitrogens with zero attached hydrogens (tertiary/aromatic N) is 2. The number of hydrogen-bond acceptors (Lipinski definition) is 6. The van der Waals surface area contributed by atoms with Crippen LogP contribution in [-0.4, -0.2) is 35.2 Å². The number of benzene rings is 2. The third kappa shape index (κ3) is 5.95. The molecule has 32 heavy (non-hydrogen) atoms. The zero-order chi connectivity index (χ0) is 23.3. The van der Waals surface area contributed by atoms with Crippen LogP contribution in [0.2, 0.25) is 5.02 Å². The van der Waals surface area contributed by atoms with E-state index in [0.29, 0.717) is 41.1 Å². The molecule has 0 aromatic heterocycles. The molecule has 0 spiro atoms. The second-order valence-corrected chi connectivity index (χ2v) is 8.88. The summed E-state index contributed by atoms with van der Waals surface area (Å²) in [5.41, 5.74) is 2.91. The number of hydrogen-bond donors (Lipinski definition) is 1. The number of halogens is 1. The van der Waals surface area contributed by atoms with Crippen LogP contribution in [0.1, 0.15) is 42.3 Å². The molecule has 3 rings (SSSR count). The molecule has 0 saturated carbocycles. The van der Waals surface area contributed by atoms with Crippen molar-refractivity contribution in [2.24, 2.45) is 5.10 Å². The predicted octanol–water partition coefficient (Wildman–Crippen LogP) is 4.81. The van der Waals surface area contributed by atoms with Crippen molar-refractivity contribution < 1.29 is 19.1 Å². The highest BCUT2D eigenvalue weighted by Crippen LogP contribution is 2.43. The molecule has 170 valence electrons. The number of ether oxygens (including phenoxy) is 2. The molecular weight excluding hydrogens is 450 g/mol. The van der Waals surface area contributed by atoms with E-state index in [1.165, 1.54) is 30.6 Å². The van der Waals surface area contributed by atoms with Gasteiger partial charge in [0.05, 0.1) is 13.2 Å². The van der Waals surface area contributed by atoms with Crippen molar-refractivity contribution in [3.05, 3.63) is 58.1 Å². The smallest absolute Gasteiger partial charge is 0.241 e. The Morgan fingerprint density at radius 1 is 1.12 bits per heavy atom. The first kappa shape index (κ1) is 23.9. The number of aryl methyl sites for hydroxylation is 2. The van der Waals surface area contributed by atoms with E-state index in [9.17, 15) is 9.59 Å². The monoisotopic (exact) mass is 475 g/mol. The zero-order valence-corrected chi connectivity index (χ0v) is 20.0. The third-order valence-electron chi connectivity index (χ3n) is 4.69. The SMILES string of the molecule is CC(=O)NC1=NN(C(C)=O)[C@@H](c2cc(Cl)ccc2OCCCOc2c(C)cccc2C)S1. The maximum absolute atomic E-state index is 12.1. The number of nitrogens with one attached hydrogen (secondary N) is 1. The van der Waals surface area contributed by atoms with Gasteiger partial charge in [-0.05, 0) is 43.2 Å². The standard InChI is InChI=1S/C23H26ClN3O4S/c1-14-7-5-8-15(2)21(14)31-12-6-11-30-20-10-9-18(24)13-19(20)22-27(17(4)29)26-23(32-22)25-16(3)28/h5,7-10,13,22H,6,11-12H2,1-4H3,(H,25,26,28)/t22-/m1/s1. The lowest BCUT2D eigenvalue weighted by molar-refractivity contribution is -0.129. The first-order valence-electron chi connectivity index (χ1n) is 10.2. The van der Waals surface area contributed by atoms with Gasteiger partial charge in [0, 0.05) is 30.9 Å². The van der Waals surface area contributed by atoms with E-state index in [2.05, 4.69) is 10.4 Å². The summed E-state index contributed by atoms with van der Waals surface area (Å²) in [6, 6.07) is 11.3. The van der Waals surface area contributed by atoms with Crippen molar-refractivity contribution in [3.63, 3.8) is 0 Å². The van der Waals surface area contributed by atoms with Gasteiger partial charge in [-0.15, -0.1) is 5.10 Å². The Labute approximate surface area is 197 Å². The summed E-state index contributed by atoms with van der Waals surface area (Å²) in [5.74, 6) is 0.994. The van der Waals surface area contributed by atoms with Gasteiger partial charge >= 0.3 is 0 Å². The van der Waals surface area contributed by atoms with Crippen LogP contribution in [0.5, 0.6) is 11.5 Å². The molecule has 0 aliphatic carbocycles. The Morgan fingerprint density at radius 2 is 1.81 bits per heavy atom. The van der Waals surface area contributed by atoms with E-state index in [1.54, 1.807) is 18.2 Å². The molecule has 1 atom stereocenters. The normalized spacial score (nSPS) is 15.3. The van der Waals surface area contributed by atoms with Crippen LogP contribution in [0.3, 0.4) is 0 Å². The van der Waals surface area contributed by atoms with Crippen molar-refractivity contribution >= 4 is 40.3 Å². The molecule has 0 fully saturated rings. The van der Waals surface area contributed by atoms with Crippen molar-refractivity contribution in [2.45, 2.75) is 39.5 Å². The fraction of sp³-hybridized carbons (Fsp3) is 0.348. The van der Waals surface area contributed by atoms with Crippen molar-refractivity contribution in [1.29, 1.82) is 0 Å². The number of amides is 2. The van der Waals surface area contributed by atoms with Gasteiger partial charge in [0.1, 0.15) is 16.9 Å². The average Bonchev–Trinajstić information content (AvgIpc) is 3.14. The van der Waals surface area contributed by atoms with E-state index < -0.39 is 5.37 Å². The molecule has 0 bridgehead atoms. The summed E-state index contributed by atoms with van der Waals surface area (Å²) in [4.78, 5) is 23.6.